The first kappa shape index (κ1) is 16.2. The van der Waals surface area contributed by atoms with Gasteiger partial charge in [-0.05, 0) is 25.5 Å². The Morgan fingerprint density at radius 2 is 1.75 bits per heavy atom. The standard InChI is InChI=1S/C16H23NO3/c1-5-16(3,4)15(20)17(11-10-14(18)19)13-8-6-12(2)7-9-13/h6-9H,5,10-11H2,1-4H3,(H,18,19). The molecule has 1 aromatic rings. The molecule has 1 rings (SSSR count). The summed E-state index contributed by atoms with van der Waals surface area (Å²) in [5.74, 6) is -0.936. The van der Waals surface area contributed by atoms with Gasteiger partial charge in [-0.3, -0.25) is 9.59 Å². The highest BCUT2D eigenvalue weighted by Crippen LogP contribution is 2.27. The number of nitrogens with zero attached hydrogens (tertiary/aromatic N) is 1. The molecule has 0 unspecified atom stereocenters. The van der Waals surface area contributed by atoms with E-state index in [1.165, 1.54) is 0 Å². The molecule has 4 nitrogen and oxygen atoms in total. The molecule has 0 atom stereocenters. The predicted octanol–water partition coefficient (Wildman–Crippen LogP) is 3.24. The summed E-state index contributed by atoms with van der Waals surface area (Å²) in [6.07, 6.45) is 0.653. The van der Waals surface area contributed by atoms with E-state index in [2.05, 4.69) is 0 Å². The van der Waals surface area contributed by atoms with Crippen LogP contribution in [-0.4, -0.2) is 23.5 Å². The van der Waals surface area contributed by atoms with Crippen LogP contribution in [0.1, 0.15) is 39.2 Å². The summed E-state index contributed by atoms with van der Waals surface area (Å²) < 4.78 is 0. The van der Waals surface area contributed by atoms with Crippen LogP contribution in [0.2, 0.25) is 0 Å². The third-order valence-corrected chi connectivity index (χ3v) is 3.60. The molecule has 0 saturated carbocycles. The maximum atomic E-state index is 12.6. The molecule has 0 aliphatic heterocycles. The van der Waals surface area contributed by atoms with Gasteiger partial charge in [0.25, 0.3) is 0 Å². The molecule has 0 aliphatic rings. The summed E-state index contributed by atoms with van der Waals surface area (Å²) in [7, 11) is 0. The lowest BCUT2D eigenvalue weighted by atomic mass is 9.88. The second-order valence-electron chi connectivity index (χ2n) is 5.67. The molecular weight excluding hydrogens is 254 g/mol. The quantitative estimate of drug-likeness (QED) is 0.868. The molecule has 1 aromatic carbocycles. The number of carboxylic acids is 1. The van der Waals surface area contributed by atoms with Gasteiger partial charge in [0.1, 0.15) is 0 Å². The fourth-order valence-electron chi connectivity index (χ4n) is 1.80. The van der Waals surface area contributed by atoms with Crippen molar-refractivity contribution < 1.29 is 14.7 Å². The Labute approximate surface area is 120 Å². The van der Waals surface area contributed by atoms with E-state index in [1.807, 2.05) is 52.0 Å². The third kappa shape index (κ3) is 4.08. The van der Waals surface area contributed by atoms with Gasteiger partial charge in [0.05, 0.1) is 6.42 Å². The molecule has 0 bridgehead atoms. The Morgan fingerprint density at radius 1 is 1.20 bits per heavy atom. The summed E-state index contributed by atoms with van der Waals surface area (Å²) in [5, 5.41) is 8.86. The van der Waals surface area contributed by atoms with Crippen LogP contribution in [0.4, 0.5) is 5.69 Å². The maximum Gasteiger partial charge on any atom is 0.305 e. The van der Waals surface area contributed by atoms with Gasteiger partial charge >= 0.3 is 5.97 Å². The molecule has 0 aromatic heterocycles. The monoisotopic (exact) mass is 277 g/mol. The Hall–Kier alpha value is -1.84. The van der Waals surface area contributed by atoms with Crippen molar-refractivity contribution in [1.29, 1.82) is 0 Å². The number of hydrogen-bond acceptors (Lipinski definition) is 2. The summed E-state index contributed by atoms with van der Waals surface area (Å²) in [4.78, 5) is 25.0. The largest absolute Gasteiger partial charge is 0.481 e. The van der Waals surface area contributed by atoms with Crippen molar-refractivity contribution in [3.63, 3.8) is 0 Å². The van der Waals surface area contributed by atoms with E-state index in [4.69, 9.17) is 5.11 Å². The van der Waals surface area contributed by atoms with Gasteiger partial charge in [-0.1, -0.05) is 38.5 Å². The maximum absolute atomic E-state index is 12.6. The molecule has 0 saturated heterocycles. The third-order valence-electron chi connectivity index (χ3n) is 3.60. The van der Waals surface area contributed by atoms with E-state index in [0.29, 0.717) is 6.42 Å². The number of aliphatic carboxylic acids is 1. The lowest BCUT2D eigenvalue weighted by molar-refractivity contribution is -0.136. The summed E-state index contributed by atoms with van der Waals surface area (Å²) in [6, 6.07) is 7.58. The smallest absolute Gasteiger partial charge is 0.305 e. The Bertz CT molecular complexity index is 477. The number of carbonyl (C=O) groups is 2. The molecule has 1 amide bonds. The van der Waals surface area contributed by atoms with Crippen LogP contribution < -0.4 is 4.90 Å². The summed E-state index contributed by atoms with van der Waals surface area (Å²) in [5.41, 5.74) is 1.36. The lowest BCUT2D eigenvalue weighted by Crippen LogP contribution is -2.42. The van der Waals surface area contributed by atoms with E-state index in [1.54, 1.807) is 4.90 Å². The van der Waals surface area contributed by atoms with Crippen molar-refractivity contribution in [3.8, 4) is 0 Å². The highest BCUT2D eigenvalue weighted by atomic mass is 16.4. The van der Waals surface area contributed by atoms with Gasteiger partial charge in [-0.25, -0.2) is 0 Å². The van der Waals surface area contributed by atoms with Crippen molar-refractivity contribution in [3.05, 3.63) is 29.8 Å². The summed E-state index contributed by atoms with van der Waals surface area (Å²) in [6.45, 7) is 7.90. The van der Waals surface area contributed by atoms with Gasteiger partial charge in [0, 0.05) is 17.6 Å². The highest BCUT2D eigenvalue weighted by Gasteiger charge is 2.31. The van der Waals surface area contributed by atoms with Crippen LogP contribution in [0.5, 0.6) is 0 Å². The van der Waals surface area contributed by atoms with Gasteiger partial charge in [-0.15, -0.1) is 0 Å². The highest BCUT2D eigenvalue weighted by molar-refractivity contribution is 5.97. The SMILES string of the molecule is CCC(C)(C)C(=O)N(CCC(=O)O)c1ccc(C)cc1. The molecular formula is C16H23NO3. The number of amides is 1. The molecule has 0 spiro atoms. The van der Waals surface area contributed by atoms with Gasteiger partial charge in [0.15, 0.2) is 0 Å². The number of benzene rings is 1. The average Bonchev–Trinajstić information content (AvgIpc) is 2.40. The van der Waals surface area contributed by atoms with Crippen LogP contribution in [0, 0.1) is 12.3 Å². The van der Waals surface area contributed by atoms with Gasteiger partial charge in [0.2, 0.25) is 5.91 Å². The van der Waals surface area contributed by atoms with Crippen LogP contribution in [-0.2, 0) is 9.59 Å². The molecule has 4 heteroatoms. The molecule has 110 valence electrons. The molecule has 1 N–H and O–H groups in total. The number of aryl methyl sites for hydroxylation is 1. The minimum atomic E-state index is -0.899. The molecule has 0 fully saturated rings. The fourth-order valence-corrected chi connectivity index (χ4v) is 1.80. The second kappa shape index (κ2) is 6.55. The Kier molecular flexibility index (Phi) is 5.31. The number of carbonyl (C=O) groups excluding carboxylic acids is 1. The molecule has 20 heavy (non-hydrogen) atoms. The molecule has 0 heterocycles. The number of rotatable bonds is 6. The molecule has 0 radical (unpaired) electrons. The van der Waals surface area contributed by atoms with Crippen LogP contribution in [0.15, 0.2) is 24.3 Å². The van der Waals surface area contributed by atoms with Gasteiger partial charge in [-0.2, -0.15) is 0 Å². The van der Waals surface area contributed by atoms with Crippen molar-refractivity contribution in [1.82, 2.24) is 0 Å². The number of hydrogen-bond donors (Lipinski definition) is 1. The first-order chi connectivity index (χ1) is 9.27. The van der Waals surface area contributed by atoms with Crippen LogP contribution in [0.25, 0.3) is 0 Å². The van der Waals surface area contributed by atoms with Crippen molar-refractivity contribution in [2.45, 2.75) is 40.5 Å². The number of anilines is 1. The minimum absolute atomic E-state index is 0.0369. The Morgan fingerprint density at radius 3 is 2.20 bits per heavy atom. The van der Waals surface area contributed by atoms with Crippen molar-refractivity contribution in [2.24, 2.45) is 5.41 Å². The number of carboxylic acid groups (broad SMARTS) is 1. The zero-order valence-corrected chi connectivity index (χ0v) is 12.6. The van der Waals surface area contributed by atoms with E-state index < -0.39 is 11.4 Å². The molecule has 0 aliphatic carbocycles. The van der Waals surface area contributed by atoms with E-state index in [-0.39, 0.29) is 18.9 Å². The lowest BCUT2D eigenvalue weighted by Gasteiger charge is -2.31. The second-order valence-corrected chi connectivity index (χ2v) is 5.67. The predicted molar refractivity (Wildman–Crippen MR) is 79.9 cm³/mol. The first-order valence-corrected chi connectivity index (χ1v) is 6.88. The van der Waals surface area contributed by atoms with E-state index in [0.717, 1.165) is 11.3 Å². The average molecular weight is 277 g/mol. The van der Waals surface area contributed by atoms with E-state index >= 15 is 0 Å². The van der Waals surface area contributed by atoms with E-state index in [9.17, 15) is 9.59 Å². The first-order valence-electron chi connectivity index (χ1n) is 6.88. The van der Waals surface area contributed by atoms with Gasteiger partial charge < -0.3 is 10.0 Å². The van der Waals surface area contributed by atoms with Crippen LogP contribution >= 0.6 is 0 Å². The topological polar surface area (TPSA) is 57.6 Å². The Balaban J connectivity index is 3.04. The zero-order valence-electron chi connectivity index (χ0n) is 12.6. The summed E-state index contributed by atoms with van der Waals surface area (Å²) >= 11 is 0. The minimum Gasteiger partial charge on any atom is -0.481 e. The van der Waals surface area contributed by atoms with Crippen molar-refractivity contribution in [2.75, 3.05) is 11.4 Å². The van der Waals surface area contributed by atoms with Crippen LogP contribution in [0.3, 0.4) is 0 Å². The zero-order chi connectivity index (χ0) is 15.3. The normalized spacial score (nSPS) is 11.2. The van der Waals surface area contributed by atoms with Crippen molar-refractivity contribution >= 4 is 17.6 Å². The fraction of sp³-hybridized carbons (Fsp3) is 0.500.